The highest BCUT2D eigenvalue weighted by atomic mass is 16.5. The zero-order valence-corrected chi connectivity index (χ0v) is 12.4. The van der Waals surface area contributed by atoms with Gasteiger partial charge >= 0.3 is 0 Å². The van der Waals surface area contributed by atoms with E-state index in [1.54, 1.807) is 0 Å². The highest BCUT2D eigenvalue weighted by Crippen LogP contribution is 2.20. The first-order valence-electron chi connectivity index (χ1n) is 7.04. The summed E-state index contributed by atoms with van der Waals surface area (Å²) in [4.78, 5) is 0. The molecule has 1 N–H and O–H groups in total. The van der Waals surface area contributed by atoms with Crippen LogP contribution in [0.2, 0.25) is 0 Å². The molecule has 1 aromatic carbocycles. The lowest BCUT2D eigenvalue weighted by Gasteiger charge is -2.21. The van der Waals surface area contributed by atoms with Crippen molar-refractivity contribution >= 4 is 0 Å². The minimum Gasteiger partial charge on any atom is -0.489 e. The molecule has 2 heteroatoms. The Labute approximate surface area is 112 Å². The van der Waals surface area contributed by atoms with Crippen LogP contribution in [0.4, 0.5) is 0 Å². The van der Waals surface area contributed by atoms with Gasteiger partial charge in [0.25, 0.3) is 0 Å². The lowest BCUT2D eigenvalue weighted by Crippen LogP contribution is -2.36. The summed E-state index contributed by atoms with van der Waals surface area (Å²) < 4.78 is 6.00. The zero-order chi connectivity index (χ0) is 13.5. The van der Waals surface area contributed by atoms with E-state index in [0.717, 1.165) is 12.3 Å². The second-order valence-corrected chi connectivity index (χ2v) is 5.12. The molecule has 1 atom stereocenters. The first-order chi connectivity index (χ1) is 8.56. The number of rotatable bonds is 7. The fourth-order valence-corrected chi connectivity index (χ4v) is 2.00. The molecule has 1 unspecified atom stereocenters. The largest absolute Gasteiger partial charge is 0.489 e. The van der Waals surface area contributed by atoms with Crippen LogP contribution in [0, 0.1) is 13.8 Å². The summed E-state index contributed by atoms with van der Waals surface area (Å²) in [7, 11) is 0. The number of hydrogen-bond acceptors (Lipinski definition) is 2. The molecular formula is C16H27NO. The SMILES string of the molecule is CCC(CC)NCC(C)Oc1cc(C)ccc1C. The summed E-state index contributed by atoms with van der Waals surface area (Å²) in [5.41, 5.74) is 2.45. The molecule has 0 aromatic heterocycles. The van der Waals surface area contributed by atoms with E-state index in [4.69, 9.17) is 4.74 Å². The van der Waals surface area contributed by atoms with Crippen molar-refractivity contribution in [3.63, 3.8) is 0 Å². The quantitative estimate of drug-likeness (QED) is 0.792. The Balaban J connectivity index is 2.48. The summed E-state index contributed by atoms with van der Waals surface area (Å²) >= 11 is 0. The Bertz CT molecular complexity index is 358. The van der Waals surface area contributed by atoms with Gasteiger partial charge in [-0.1, -0.05) is 26.0 Å². The first-order valence-corrected chi connectivity index (χ1v) is 7.04. The number of hydrogen-bond donors (Lipinski definition) is 1. The number of aryl methyl sites for hydroxylation is 2. The van der Waals surface area contributed by atoms with Gasteiger partial charge in [-0.25, -0.2) is 0 Å². The average Bonchev–Trinajstić information content (AvgIpc) is 2.35. The lowest BCUT2D eigenvalue weighted by molar-refractivity contribution is 0.208. The van der Waals surface area contributed by atoms with E-state index in [0.29, 0.717) is 6.04 Å². The van der Waals surface area contributed by atoms with Crippen LogP contribution in [0.1, 0.15) is 44.7 Å². The van der Waals surface area contributed by atoms with Crippen molar-refractivity contribution in [1.29, 1.82) is 0 Å². The average molecular weight is 249 g/mol. The molecule has 0 aliphatic heterocycles. The van der Waals surface area contributed by atoms with Gasteiger partial charge in [0.15, 0.2) is 0 Å². The van der Waals surface area contributed by atoms with Gasteiger partial charge < -0.3 is 10.1 Å². The Kier molecular flexibility index (Phi) is 6.20. The summed E-state index contributed by atoms with van der Waals surface area (Å²) in [5, 5.41) is 3.55. The van der Waals surface area contributed by atoms with Crippen molar-refractivity contribution in [2.75, 3.05) is 6.54 Å². The molecule has 1 aromatic rings. The van der Waals surface area contributed by atoms with Crippen molar-refractivity contribution in [2.24, 2.45) is 0 Å². The molecule has 0 radical (unpaired) electrons. The molecule has 0 saturated heterocycles. The van der Waals surface area contributed by atoms with E-state index in [-0.39, 0.29) is 6.10 Å². The van der Waals surface area contributed by atoms with Crippen molar-refractivity contribution in [3.8, 4) is 5.75 Å². The Morgan fingerprint density at radius 1 is 1.17 bits per heavy atom. The van der Waals surface area contributed by atoms with Gasteiger partial charge in [-0.15, -0.1) is 0 Å². The highest BCUT2D eigenvalue weighted by Gasteiger charge is 2.09. The smallest absolute Gasteiger partial charge is 0.122 e. The molecule has 0 spiro atoms. The Morgan fingerprint density at radius 3 is 2.44 bits per heavy atom. The maximum atomic E-state index is 6.00. The molecule has 0 aliphatic carbocycles. The predicted molar refractivity (Wildman–Crippen MR) is 78.4 cm³/mol. The normalized spacial score (nSPS) is 12.8. The molecule has 0 bridgehead atoms. The van der Waals surface area contributed by atoms with Crippen molar-refractivity contribution in [1.82, 2.24) is 5.32 Å². The molecule has 102 valence electrons. The number of ether oxygens (including phenoxy) is 1. The molecule has 0 heterocycles. The van der Waals surface area contributed by atoms with E-state index in [9.17, 15) is 0 Å². The van der Waals surface area contributed by atoms with E-state index in [2.05, 4.69) is 58.1 Å². The minimum absolute atomic E-state index is 0.200. The third-order valence-corrected chi connectivity index (χ3v) is 3.35. The van der Waals surface area contributed by atoms with Crippen molar-refractivity contribution < 1.29 is 4.74 Å². The zero-order valence-electron chi connectivity index (χ0n) is 12.4. The van der Waals surface area contributed by atoms with Crippen LogP contribution in [0.3, 0.4) is 0 Å². The molecule has 2 nitrogen and oxygen atoms in total. The van der Waals surface area contributed by atoms with E-state index >= 15 is 0 Å². The second kappa shape index (κ2) is 7.42. The van der Waals surface area contributed by atoms with Crippen LogP contribution in [0.15, 0.2) is 18.2 Å². The van der Waals surface area contributed by atoms with Crippen molar-refractivity contribution in [3.05, 3.63) is 29.3 Å². The topological polar surface area (TPSA) is 21.3 Å². The van der Waals surface area contributed by atoms with E-state index < -0.39 is 0 Å². The summed E-state index contributed by atoms with van der Waals surface area (Å²) in [6, 6.07) is 6.96. The number of nitrogens with one attached hydrogen (secondary N) is 1. The third kappa shape index (κ3) is 4.69. The Morgan fingerprint density at radius 2 is 1.83 bits per heavy atom. The van der Waals surface area contributed by atoms with Crippen molar-refractivity contribution in [2.45, 2.75) is 59.6 Å². The predicted octanol–water partition coefficient (Wildman–Crippen LogP) is 3.85. The van der Waals surface area contributed by atoms with E-state index in [1.165, 1.54) is 24.0 Å². The molecule has 0 aliphatic rings. The highest BCUT2D eigenvalue weighted by molar-refractivity contribution is 5.36. The summed E-state index contributed by atoms with van der Waals surface area (Å²) in [6.07, 6.45) is 2.55. The fraction of sp³-hybridized carbons (Fsp3) is 0.625. The van der Waals surface area contributed by atoms with Crippen LogP contribution in [0.5, 0.6) is 5.75 Å². The number of benzene rings is 1. The third-order valence-electron chi connectivity index (χ3n) is 3.35. The maximum Gasteiger partial charge on any atom is 0.122 e. The second-order valence-electron chi connectivity index (χ2n) is 5.12. The van der Waals surface area contributed by atoms with Gasteiger partial charge in [-0.05, 0) is 50.8 Å². The van der Waals surface area contributed by atoms with Gasteiger partial charge in [-0.3, -0.25) is 0 Å². The molecule has 0 amide bonds. The van der Waals surface area contributed by atoms with Crippen LogP contribution in [-0.2, 0) is 0 Å². The summed E-state index contributed by atoms with van der Waals surface area (Å²) in [5.74, 6) is 1.01. The van der Waals surface area contributed by atoms with E-state index in [1.807, 2.05) is 0 Å². The summed E-state index contributed by atoms with van der Waals surface area (Å²) in [6.45, 7) is 11.7. The van der Waals surface area contributed by atoms with Gasteiger partial charge in [0.2, 0.25) is 0 Å². The maximum absolute atomic E-state index is 6.00. The van der Waals surface area contributed by atoms with Gasteiger partial charge in [0.05, 0.1) is 0 Å². The van der Waals surface area contributed by atoms with Gasteiger partial charge in [0.1, 0.15) is 11.9 Å². The Hall–Kier alpha value is -1.02. The molecular weight excluding hydrogens is 222 g/mol. The lowest BCUT2D eigenvalue weighted by atomic mass is 10.1. The van der Waals surface area contributed by atoms with Gasteiger partial charge in [0, 0.05) is 12.6 Å². The fourth-order valence-electron chi connectivity index (χ4n) is 2.00. The molecule has 0 fully saturated rings. The first kappa shape index (κ1) is 15.0. The monoisotopic (exact) mass is 249 g/mol. The standard InChI is InChI=1S/C16H27NO/c1-6-15(7-2)17-11-14(5)18-16-10-12(3)8-9-13(16)4/h8-10,14-15,17H,6-7,11H2,1-5H3. The van der Waals surface area contributed by atoms with Crippen LogP contribution in [0.25, 0.3) is 0 Å². The minimum atomic E-state index is 0.200. The van der Waals surface area contributed by atoms with Crippen LogP contribution >= 0.6 is 0 Å². The van der Waals surface area contributed by atoms with Crippen LogP contribution in [-0.4, -0.2) is 18.7 Å². The van der Waals surface area contributed by atoms with Gasteiger partial charge in [-0.2, -0.15) is 0 Å². The molecule has 0 saturated carbocycles. The van der Waals surface area contributed by atoms with Crippen LogP contribution < -0.4 is 10.1 Å². The molecule has 18 heavy (non-hydrogen) atoms. The molecule has 1 rings (SSSR count).